The van der Waals surface area contributed by atoms with Gasteiger partial charge in [-0.3, -0.25) is 9.48 Å². The van der Waals surface area contributed by atoms with Crippen LogP contribution >= 0.6 is 15.9 Å². The fourth-order valence-electron chi connectivity index (χ4n) is 1.86. The molecule has 1 amide bonds. The van der Waals surface area contributed by atoms with Crippen molar-refractivity contribution in [1.82, 2.24) is 14.7 Å². The van der Waals surface area contributed by atoms with Crippen LogP contribution in [0.3, 0.4) is 0 Å². The lowest BCUT2D eigenvalue weighted by molar-refractivity contribution is -0.142. The maximum absolute atomic E-state index is 12.7. The van der Waals surface area contributed by atoms with Crippen LogP contribution in [0.25, 0.3) is 0 Å². The third-order valence-electron chi connectivity index (χ3n) is 3.06. The van der Waals surface area contributed by atoms with E-state index in [0.717, 1.165) is 0 Å². The van der Waals surface area contributed by atoms with Gasteiger partial charge in [0.2, 0.25) is 5.91 Å². The van der Waals surface area contributed by atoms with E-state index >= 15 is 0 Å². The van der Waals surface area contributed by atoms with Crippen LogP contribution in [-0.2, 0) is 17.5 Å². The highest BCUT2D eigenvalue weighted by Crippen LogP contribution is 2.35. The monoisotopic (exact) mass is 355 g/mol. The van der Waals surface area contributed by atoms with Gasteiger partial charge in [0.25, 0.3) is 0 Å². The molecule has 1 heterocycles. The van der Waals surface area contributed by atoms with Crippen LogP contribution in [0.1, 0.15) is 31.7 Å². The summed E-state index contributed by atoms with van der Waals surface area (Å²) < 4.78 is 39.2. The van der Waals surface area contributed by atoms with E-state index in [-0.39, 0.29) is 23.3 Å². The highest BCUT2D eigenvalue weighted by Gasteiger charge is 2.37. The van der Waals surface area contributed by atoms with Gasteiger partial charge in [0.05, 0.1) is 16.7 Å². The fourth-order valence-corrected chi connectivity index (χ4v) is 2.37. The van der Waals surface area contributed by atoms with Crippen LogP contribution < -0.4 is 0 Å². The van der Waals surface area contributed by atoms with E-state index in [1.807, 2.05) is 13.8 Å². The minimum atomic E-state index is -4.50. The van der Waals surface area contributed by atoms with Crippen molar-refractivity contribution in [2.45, 2.75) is 39.9 Å². The molecule has 8 heteroatoms. The van der Waals surface area contributed by atoms with Gasteiger partial charge >= 0.3 is 6.18 Å². The molecular formula is C12H17BrF3N3O. The number of carbonyl (C=O) groups excluding carboxylic acids is 1. The largest absolute Gasteiger partial charge is 0.436 e. The standard InChI is InChI=1S/C12H17BrF3N3O/c1-4-18(5-2)9(20)6-7-19-8(3)10(13)11(17-19)12(14,15)16/h4-7H2,1-3H3. The van der Waals surface area contributed by atoms with E-state index in [0.29, 0.717) is 18.8 Å². The second kappa shape index (κ2) is 6.60. The van der Waals surface area contributed by atoms with Crippen LogP contribution in [0.5, 0.6) is 0 Å². The van der Waals surface area contributed by atoms with Gasteiger partial charge in [-0.25, -0.2) is 0 Å². The van der Waals surface area contributed by atoms with Gasteiger partial charge in [0.15, 0.2) is 5.69 Å². The van der Waals surface area contributed by atoms with Crippen molar-refractivity contribution in [1.29, 1.82) is 0 Å². The number of carbonyl (C=O) groups is 1. The Morgan fingerprint density at radius 2 is 1.90 bits per heavy atom. The van der Waals surface area contributed by atoms with Crippen molar-refractivity contribution in [3.8, 4) is 0 Å². The van der Waals surface area contributed by atoms with E-state index in [4.69, 9.17) is 0 Å². The Bertz CT molecular complexity index is 481. The molecule has 1 aromatic rings. The summed E-state index contributed by atoms with van der Waals surface area (Å²) in [6.45, 7) is 6.57. The van der Waals surface area contributed by atoms with Gasteiger partial charge in [0.1, 0.15) is 0 Å². The molecular weight excluding hydrogens is 339 g/mol. The van der Waals surface area contributed by atoms with Crippen molar-refractivity contribution >= 4 is 21.8 Å². The Balaban J connectivity index is 2.82. The van der Waals surface area contributed by atoms with Gasteiger partial charge in [-0.15, -0.1) is 0 Å². The molecule has 20 heavy (non-hydrogen) atoms. The molecule has 0 saturated heterocycles. The van der Waals surface area contributed by atoms with E-state index < -0.39 is 11.9 Å². The fraction of sp³-hybridized carbons (Fsp3) is 0.667. The minimum Gasteiger partial charge on any atom is -0.343 e. The summed E-state index contributed by atoms with van der Waals surface area (Å²) in [6.07, 6.45) is -4.37. The summed E-state index contributed by atoms with van der Waals surface area (Å²) in [5.41, 5.74) is -0.588. The van der Waals surface area contributed by atoms with Gasteiger partial charge < -0.3 is 4.90 Å². The molecule has 0 aliphatic rings. The van der Waals surface area contributed by atoms with Gasteiger partial charge in [0, 0.05) is 19.5 Å². The molecule has 0 bridgehead atoms. The summed E-state index contributed by atoms with van der Waals surface area (Å²) >= 11 is 2.90. The molecule has 0 aromatic carbocycles. The predicted molar refractivity (Wildman–Crippen MR) is 72.2 cm³/mol. The summed E-state index contributed by atoms with van der Waals surface area (Å²) in [4.78, 5) is 13.5. The number of nitrogens with zero attached hydrogens (tertiary/aromatic N) is 3. The zero-order valence-electron chi connectivity index (χ0n) is 11.6. The number of halogens is 4. The Morgan fingerprint density at radius 3 is 2.30 bits per heavy atom. The molecule has 0 aliphatic carbocycles. The summed E-state index contributed by atoms with van der Waals surface area (Å²) in [7, 11) is 0. The van der Waals surface area contributed by atoms with E-state index in [2.05, 4.69) is 21.0 Å². The lowest BCUT2D eigenvalue weighted by Crippen LogP contribution is -2.31. The van der Waals surface area contributed by atoms with Crippen LogP contribution in [0, 0.1) is 6.92 Å². The highest BCUT2D eigenvalue weighted by atomic mass is 79.9. The zero-order chi connectivity index (χ0) is 15.5. The van der Waals surface area contributed by atoms with Gasteiger partial charge in [-0.1, -0.05) is 0 Å². The summed E-state index contributed by atoms with van der Waals surface area (Å²) in [5, 5.41) is 3.54. The zero-order valence-corrected chi connectivity index (χ0v) is 13.2. The number of hydrogen-bond donors (Lipinski definition) is 0. The summed E-state index contributed by atoms with van der Waals surface area (Å²) in [5.74, 6) is -0.0884. The Morgan fingerprint density at radius 1 is 1.35 bits per heavy atom. The maximum atomic E-state index is 12.7. The number of alkyl halides is 3. The van der Waals surface area contributed by atoms with Crippen molar-refractivity contribution in [2.24, 2.45) is 0 Å². The molecule has 0 saturated carbocycles. The smallest absolute Gasteiger partial charge is 0.343 e. The van der Waals surface area contributed by atoms with E-state index in [1.54, 1.807) is 4.90 Å². The number of hydrogen-bond acceptors (Lipinski definition) is 2. The predicted octanol–water partition coefficient (Wildman–Crippen LogP) is 3.23. The van der Waals surface area contributed by atoms with Gasteiger partial charge in [-0.05, 0) is 36.7 Å². The number of aromatic nitrogens is 2. The van der Waals surface area contributed by atoms with Crippen molar-refractivity contribution < 1.29 is 18.0 Å². The molecule has 0 unspecified atom stereocenters. The first-order chi connectivity index (χ1) is 9.22. The Kier molecular flexibility index (Phi) is 5.61. The average molecular weight is 356 g/mol. The topological polar surface area (TPSA) is 38.1 Å². The van der Waals surface area contributed by atoms with Crippen molar-refractivity contribution in [3.63, 3.8) is 0 Å². The first kappa shape index (κ1) is 17.0. The SMILES string of the molecule is CCN(CC)C(=O)CCn1nc(C(F)(F)F)c(Br)c1C. The maximum Gasteiger partial charge on any atom is 0.436 e. The molecule has 0 atom stereocenters. The molecule has 114 valence electrons. The average Bonchev–Trinajstić information content (AvgIpc) is 2.65. The van der Waals surface area contributed by atoms with Crippen molar-refractivity contribution in [3.05, 3.63) is 15.9 Å². The second-order valence-corrected chi connectivity index (χ2v) is 5.08. The van der Waals surface area contributed by atoms with Gasteiger partial charge in [-0.2, -0.15) is 18.3 Å². The third kappa shape index (κ3) is 3.74. The first-order valence-electron chi connectivity index (χ1n) is 6.30. The summed E-state index contributed by atoms with van der Waals surface area (Å²) in [6, 6.07) is 0. The molecule has 0 spiro atoms. The Hall–Kier alpha value is -1.05. The Labute approximate surface area is 124 Å². The molecule has 4 nitrogen and oxygen atoms in total. The number of aryl methyl sites for hydroxylation is 1. The van der Waals surface area contributed by atoms with E-state index in [1.165, 1.54) is 11.6 Å². The molecule has 1 rings (SSSR count). The first-order valence-corrected chi connectivity index (χ1v) is 7.09. The molecule has 0 radical (unpaired) electrons. The van der Waals surface area contributed by atoms with Crippen LogP contribution in [0.4, 0.5) is 13.2 Å². The third-order valence-corrected chi connectivity index (χ3v) is 4.00. The second-order valence-electron chi connectivity index (χ2n) is 4.28. The van der Waals surface area contributed by atoms with E-state index in [9.17, 15) is 18.0 Å². The van der Waals surface area contributed by atoms with Crippen LogP contribution in [0.15, 0.2) is 4.47 Å². The minimum absolute atomic E-state index is 0.0692. The molecule has 0 fully saturated rings. The van der Waals surface area contributed by atoms with Crippen LogP contribution in [-0.4, -0.2) is 33.7 Å². The molecule has 1 aromatic heterocycles. The molecule has 0 aliphatic heterocycles. The lowest BCUT2D eigenvalue weighted by atomic mass is 10.3. The van der Waals surface area contributed by atoms with Crippen LogP contribution in [0.2, 0.25) is 0 Å². The number of rotatable bonds is 5. The molecule has 0 N–H and O–H groups in total. The highest BCUT2D eigenvalue weighted by molar-refractivity contribution is 9.10. The van der Waals surface area contributed by atoms with Crippen molar-refractivity contribution in [2.75, 3.05) is 13.1 Å². The lowest BCUT2D eigenvalue weighted by Gasteiger charge is -2.18. The quantitative estimate of drug-likeness (QED) is 0.813. The number of amides is 1. The normalized spacial score (nSPS) is 11.8.